The standard InChI is InChI=1S/C20H25N3O5S/c1-27-18-6-5-17(12-19(18)28-2)29(25,26)23-11-3-4-16(14-23)20(24)22-13-15-7-9-21-10-8-15/h5-10,12,16H,3-4,11,13-14H2,1-2H3,(H,22,24)/t16-/m0/s1. The summed E-state index contributed by atoms with van der Waals surface area (Å²) in [4.78, 5) is 16.6. The fourth-order valence-electron chi connectivity index (χ4n) is 3.33. The lowest BCUT2D eigenvalue weighted by Crippen LogP contribution is -2.45. The van der Waals surface area contributed by atoms with E-state index >= 15 is 0 Å². The minimum atomic E-state index is -3.74. The number of methoxy groups -OCH3 is 2. The summed E-state index contributed by atoms with van der Waals surface area (Å²) < 4.78 is 37.9. The first-order valence-corrected chi connectivity index (χ1v) is 10.8. The van der Waals surface area contributed by atoms with Crippen molar-refractivity contribution in [2.45, 2.75) is 24.3 Å². The Balaban J connectivity index is 1.70. The van der Waals surface area contributed by atoms with Crippen molar-refractivity contribution in [2.75, 3.05) is 27.3 Å². The van der Waals surface area contributed by atoms with Crippen molar-refractivity contribution in [1.29, 1.82) is 0 Å². The summed E-state index contributed by atoms with van der Waals surface area (Å²) in [5.74, 6) is 0.269. The third kappa shape index (κ3) is 4.86. The fourth-order valence-corrected chi connectivity index (χ4v) is 4.87. The summed E-state index contributed by atoms with van der Waals surface area (Å²) in [7, 11) is -0.795. The molecule has 0 unspecified atom stereocenters. The zero-order chi connectivity index (χ0) is 20.9. The van der Waals surface area contributed by atoms with Crippen LogP contribution in [0.3, 0.4) is 0 Å². The number of benzene rings is 1. The van der Waals surface area contributed by atoms with Crippen LogP contribution >= 0.6 is 0 Å². The molecule has 0 aliphatic carbocycles. The minimum absolute atomic E-state index is 0.119. The molecule has 1 amide bonds. The zero-order valence-corrected chi connectivity index (χ0v) is 17.3. The molecule has 1 aromatic carbocycles. The highest BCUT2D eigenvalue weighted by Crippen LogP contribution is 2.32. The molecule has 1 N–H and O–H groups in total. The molecule has 0 radical (unpaired) electrons. The lowest BCUT2D eigenvalue weighted by Gasteiger charge is -2.31. The van der Waals surface area contributed by atoms with Crippen molar-refractivity contribution in [3.8, 4) is 11.5 Å². The van der Waals surface area contributed by atoms with Crippen LogP contribution in [0.25, 0.3) is 0 Å². The van der Waals surface area contributed by atoms with Gasteiger partial charge in [0.2, 0.25) is 15.9 Å². The smallest absolute Gasteiger partial charge is 0.243 e. The molecular weight excluding hydrogens is 394 g/mol. The molecule has 0 saturated carbocycles. The molecule has 1 aliphatic rings. The normalized spacial score (nSPS) is 17.5. The largest absolute Gasteiger partial charge is 0.493 e. The van der Waals surface area contributed by atoms with Gasteiger partial charge in [0.15, 0.2) is 11.5 Å². The summed E-state index contributed by atoms with van der Waals surface area (Å²) in [5, 5.41) is 2.89. The second-order valence-corrected chi connectivity index (χ2v) is 8.73. The average Bonchev–Trinajstić information content (AvgIpc) is 2.77. The van der Waals surface area contributed by atoms with Gasteiger partial charge in [-0.15, -0.1) is 0 Å². The van der Waals surface area contributed by atoms with Crippen LogP contribution in [0, 0.1) is 5.92 Å². The summed E-state index contributed by atoms with van der Waals surface area (Å²) >= 11 is 0. The predicted molar refractivity (Wildman–Crippen MR) is 107 cm³/mol. The summed E-state index contributed by atoms with van der Waals surface area (Å²) in [5.41, 5.74) is 0.943. The van der Waals surface area contributed by atoms with Gasteiger partial charge in [-0.05, 0) is 42.7 Å². The van der Waals surface area contributed by atoms with E-state index in [1.165, 1.54) is 30.7 Å². The van der Waals surface area contributed by atoms with E-state index in [2.05, 4.69) is 10.3 Å². The van der Waals surface area contributed by atoms with Crippen molar-refractivity contribution in [3.63, 3.8) is 0 Å². The Morgan fingerprint density at radius 3 is 2.59 bits per heavy atom. The first-order chi connectivity index (χ1) is 14.0. The highest BCUT2D eigenvalue weighted by molar-refractivity contribution is 7.89. The molecule has 1 saturated heterocycles. The second kappa shape index (κ2) is 9.23. The number of rotatable bonds is 7. The number of amides is 1. The van der Waals surface area contributed by atoms with E-state index in [0.717, 1.165) is 5.56 Å². The Bertz CT molecular complexity index is 950. The van der Waals surface area contributed by atoms with Gasteiger partial charge in [0, 0.05) is 38.1 Å². The van der Waals surface area contributed by atoms with E-state index in [4.69, 9.17) is 9.47 Å². The Morgan fingerprint density at radius 2 is 1.90 bits per heavy atom. The number of piperidine rings is 1. The van der Waals surface area contributed by atoms with Crippen molar-refractivity contribution < 1.29 is 22.7 Å². The Morgan fingerprint density at radius 1 is 1.17 bits per heavy atom. The Labute approximate surface area is 170 Å². The number of carbonyl (C=O) groups excluding carboxylic acids is 1. The van der Waals surface area contributed by atoms with Gasteiger partial charge in [-0.3, -0.25) is 9.78 Å². The number of sulfonamides is 1. The molecule has 9 heteroatoms. The topological polar surface area (TPSA) is 97.8 Å². The first-order valence-electron chi connectivity index (χ1n) is 9.34. The van der Waals surface area contributed by atoms with E-state index < -0.39 is 10.0 Å². The highest BCUT2D eigenvalue weighted by Gasteiger charge is 2.33. The minimum Gasteiger partial charge on any atom is -0.493 e. The van der Waals surface area contributed by atoms with Crippen molar-refractivity contribution >= 4 is 15.9 Å². The lowest BCUT2D eigenvalue weighted by molar-refractivity contribution is -0.126. The van der Waals surface area contributed by atoms with Gasteiger partial charge < -0.3 is 14.8 Å². The summed E-state index contributed by atoms with van der Waals surface area (Å²) in [6, 6.07) is 8.16. The highest BCUT2D eigenvalue weighted by atomic mass is 32.2. The van der Waals surface area contributed by atoms with E-state index in [9.17, 15) is 13.2 Å². The molecule has 2 heterocycles. The van der Waals surface area contributed by atoms with Crippen LogP contribution in [0.2, 0.25) is 0 Å². The zero-order valence-electron chi connectivity index (χ0n) is 16.5. The van der Waals surface area contributed by atoms with Gasteiger partial charge in [0.25, 0.3) is 0 Å². The van der Waals surface area contributed by atoms with Crippen molar-refractivity contribution in [1.82, 2.24) is 14.6 Å². The first kappa shape index (κ1) is 21.1. The molecule has 0 spiro atoms. The van der Waals surface area contributed by atoms with E-state index in [1.54, 1.807) is 18.5 Å². The molecule has 1 aliphatic heterocycles. The van der Waals surface area contributed by atoms with Crippen LogP contribution in [0.5, 0.6) is 11.5 Å². The van der Waals surface area contributed by atoms with Gasteiger partial charge in [-0.2, -0.15) is 4.31 Å². The van der Waals surface area contributed by atoms with Gasteiger partial charge in [0.1, 0.15) is 0 Å². The predicted octanol–water partition coefficient (Wildman–Crippen LogP) is 1.82. The maximum Gasteiger partial charge on any atom is 0.243 e. The summed E-state index contributed by atoms with van der Waals surface area (Å²) in [6.45, 7) is 0.921. The molecule has 1 fully saturated rings. The molecular formula is C20H25N3O5S. The molecule has 3 rings (SSSR count). The Kier molecular flexibility index (Phi) is 6.71. The molecule has 1 atom stereocenters. The molecule has 156 valence electrons. The third-order valence-electron chi connectivity index (χ3n) is 4.96. The van der Waals surface area contributed by atoms with Crippen LogP contribution in [0.1, 0.15) is 18.4 Å². The maximum atomic E-state index is 13.1. The second-order valence-electron chi connectivity index (χ2n) is 6.79. The molecule has 0 bridgehead atoms. The van der Waals surface area contributed by atoms with E-state index in [0.29, 0.717) is 37.4 Å². The van der Waals surface area contributed by atoms with Gasteiger partial charge in [-0.1, -0.05) is 0 Å². The number of pyridine rings is 1. The van der Waals surface area contributed by atoms with Gasteiger partial charge >= 0.3 is 0 Å². The number of ether oxygens (including phenoxy) is 2. The van der Waals surface area contributed by atoms with Crippen LogP contribution in [0.4, 0.5) is 0 Å². The number of nitrogens with one attached hydrogen (secondary N) is 1. The van der Waals surface area contributed by atoms with E-state index in [-0.39, 0.29) is 23.3 Å². The van der Waals surface area contributed by atoms with Gasteiger partial charge in [-0.25, -0.2) is 8.42 Å². The van der Waals surface area contributed by atoms with E-state index in [1.807, 2.05) is 12.1 Å². The third-order valence-corrected chi connectivity index (χ3v) is 6.82. The number of hydrogen-bond donors (Lipinski definition) is 1. The van der Waals surface area contributed by atoms with Crippen molar-refractivity contribution in [2.24, 2.45) is 5.92 Å². The molecule has 1 aromatic heterocycles. The van der Waals surface area contributed by atoms with Crippen LogP contribution < -0.4 is 14.8 Å². The van der Waals surface area contributed by atoms with Crippen LogP contribution in [-0.2, 0) is 21.4 Å². The Hall–Kier alpha value is -2.65. The molecule has 2 aromatic rings. The number of hydrogen-bond acceptors (Lipinski definition) is 6. The van der Waals surface area contributed by atoms with Crippen LogP contribution in [0.15, 0.2) is 47.6 Å². The van der Waals surface area contributed by atoms with Gasteiger partial charge in [0.05, 0.1) is 25.0 Å². The monoisotopic (exact) mass is 419 g/mol. The average molecular weight is 420 g/mol. The maximum absolute atomic E-state index is 13.1. The number of carbonyl (C=O) groups is 1. The SMILES string of the molecule is COc1ccc(S(=O)(=O)N2CCC[C@H](C(=O)NCc3ccncc3)C2)cc1OC. The fraction of sp³-hybridized carbons (Fsp3) is 0.400. The molecule has 29 heavy (non-hydrogen) atoms. The van der Waals surface area contributed by atoms with Crippen LogP contribution in [-0.4, -0.2) is 50.9 Å². The lowest BCUT2D eigenvalue weighted by atomic mass is 9.99. The van der Waals surface area contributed by atoms with Crippen molar-refractivity contribution in [3.05, 3.63) is 48.3 Å². The number of nitrogens with zero attached hydrogens (tertiary/aromatic N) is 2. The number of aromatic nitrogens is 1. The summed E-state index contributed by atoms with van der Waals surface area (Å²) in [6.07, 6.45) is 4.61. The quantitative estimate of drug-likeness (QED) is 0.735. The molecule has 8 nitrogen and oxygen atoms in total.